The minimum atomic E-state index is -0.470. The molecule has 4 rings (SSSR count). The summed E-state index contributed by atoms with van der Waals surface area (Å²) in [5.74, 6) is -0.731. The van der Waals surface area contributed by atoms with Gasteiger partial charge in [-0.3, -0.25) is 24.3 Å². The second-order valence-corrected chi connectivity index (χ2v) is 7.03. The molecule has 0 bridgehead atoms. The summed E-state index contributed by atoms with van der Waals surface area (Å²) in [7, 11) is 0. The summed E-state index contributed by atoms with van der Waals surface area (Å²) in [5, 5.41) is 8.96. The van der Waals surface area contributed by atoms with E-state index in [0.717, 1.165) is 10.5 Å². The van der Waals surface area contributed by atoms with Gasteiger partial charge in [0.2, 0.25) is 0 Å². The number of nitriles is 1. The quantitative estimate of drug-likeness (QED) is 0.550. The lowest BCUT2D eigenvalue weighted by molar-refractivity contribution is 0.0631. The lowest BCUT2D eigenvalue weighted by atomic mass is 10.0. The number of aromatic nitrogens is 1. The molecule has 31 heavy (non-hydrogen) atoms. The molecule has 0 radical (unpaired) electrons. The van der Waals surface area contributed by atoms with E-state index >= 15 is 0 Å². The van der Waals surface area contributed by atoms with Crippen molar-refractivity contribution in [2.24, 2.45) is 0 Å². The largest absolute Gasteiger partial charge is 0.467 e. The molecule has 0 N–H and O–H groups in total. The van der Waals surface area contributed by atoms with Gasteiger partial charge in [0.1, 0.15) is 5.76 Å². The maximum Gasteiger partial charge on any atom is 0.261 e. The summed E-state index contributed by atoms with van der Waals surface area (Å²) < 4.78 is 5.24. The number of rotatable bonds is 7. The van der Waals surface area contributed by atoms with E-state index in [1.54, 1.807) is 30.6 Å². The predicted molar refractivity (Wildman–Crippen MR) is 109 cm³/mol. The summed E-state index contributed by atoms with van der Waals surface area (Å²) >= 11 is 0. The molecule has 1 aliphatic rings. The first-order valence-electron chi connectivity index (χ1n) is 9.66. The van der Waals surface area contributed by atoms with Crippen molar-refractivity contribution in [3.8, 4) is 6.07 Å². The van der Waals surface area contributed by atoms with Crippen LogP contribution in [0.3, 0.4) is 0 Å². The molecule has 8 heteroatoms. The Morgan fingerprint density at radius 2 is 1.97 bits per heavy atom. The number of imide groups is 1. The van der Waals surface area contributed by atoms with E-state index in [1.165, 1.54) is 29.4 Å². The molecule has 3 heterocycles. The van der Waals surface area contributed by atoms with E-state index in [-0.39, 0.29) is 48.7 Å². The Bertz CT molecular complexity index is 1170. The zero-order valence-corrected chi connectivity index (χ0v) is 16.5. The van der Waals surface area contributed by atoms with Crippen LogP contribution in [-0.2, 0) is 13.1 Å². The van der Waals surface area contributed by atoms with Crippen LogP contribution in [0.15, 0.2) is 65.5 Å². The number of hydrogen-bond donors (Lipinski definition) is 0. The van der Waals surface area contributed by atoms with Gasteiger partial charge in [0.25, 0.3) is 17.7 Å². The highest BCUT2D eigenvalue weighted by Gasteiger charge is 2.36. The first-order valence-corrected chi connectivity index (χ1v) is 9.66. The molecule has 3 aromatic rings. The lowest BCUT2D eigenvalue weighted by Crippen LogP contribution is -2.31. The number of carbonyl (C=O) groups excluding carboxylic acids is 3. The van der Waals surface area contributed by atoms with Gasteiger partial charge < -0.3 is 9.32 Å². The number of pyridine rings is 1. The summed E-state index contributed by atoms with van der Waals surface area (Å²) in [4.78, 5) is 45.3. The number of fused-ring (bicyclic) bond motifs is 1. The molecule has 1 aromatic carbocycles. The van der Waals surface area contributed by atoms with Crippen LogP contribution < -0.4 is 0 Å². The fourth-order valence-corrected chi connectivity index (χ4v) is 3.46. The monoisotopic (exact) mass is 414 g/mol. The second kappa shape index (κ2) is 8.63. The predicted octanol–water partition coefficient (Wildman–Crippen LogP) is 3.03. The van der Waals surface area contributed by atoms with Gasteiger partial charge in [0.05, 0.1) is 36.4 Å². The molecule has 154 valence electrons. The van der Waals surface area contributed by atoms with Crippen molar-refractivity contribution in [1.29, 1.82) is 5.26 Å². The molecule has 3 amide bonds. The molecule has 0 spiro atoms. The molecule has 1 aliphatic heterocycles. The standard InChI is InChI=1S/C23H18N4O4/c24-8-3-10-26(14-16-4-1-9-25-13-16)21(28)17-6-7-19-20(12-17)23(30)27(22(19)29)15-18-5-2-11-31-18/h1-2,4-7,9,11-13H,3,10,14-15H2. The number of amides is 3. The van der Waals surface area contributed by atoms with E-state index < -0.39 is 11.8 Å². The smallest absolute Gasteiger partial charge is 0.261 e. The van der Waals surface area contributed by atoms with E-state index in [4.69, 9.17) is 9.68 Å². The Morgan fingerprint density at radius 1 is 1.13 bits per heavy atom. The SMILES string of the molecule is N#CCCN(Cc1cccnc1)C(=O)c1ccc2c(c1)C(=O)N(Cc1ccco1)C2=O. The van der Waals surface area contributed by atoms with Crippen LogP contribution in [-0.4, -0.2) is 39.1 Å². The molecule has 0 unspecified atom stereocenters. The third-order valence-electron chi connectivity index (χ3n) is 4.99. The van der Waals surface area contributed by atoms with Crippen LogP contribution in [0.2, 0.25) is 0 Å². The Kier molecular flexibility index (Phi) is 5.58. The Labute approximate surface area is 178 Å². The fraction of sp³-hybridized carbons (Fsp3) is 0.174. The molecular formula is C23H18N4O4. The second-order valence-electron chi connectivity index (χ2n) is 7.03. The molecule has 2 aromatic heterocycles. The van der Waals surface area contributed by atoms with Crippen LogP contribution in [0, 0.1) is 11.3 Å². The Hall–Kier alpha value is -4.25. The number of carbonyl (C=O) groups is 3. The highest BCUT2D eigenvalue weighted by atomic mass is 16.3. The van der Waals surface area contributed by atoms with Crippen molar-refractivity contribution in [3.63, 3.8) is 0 Å². The van der Waals surface area contributed by atoms with Crippen molar-refractivity contribution < 1.29 is 18.8 Å². The molecule has 0 saturated heterocycles. The van der Waals surface area contributed by atoms with Gasteiger partial charge in [0.15, 0.2) is 0 Å². The first kappa shape index (κ1) is 20.0. The van der Waals surface area contributed by atoms with E-state index in [0.29, 0.717) is 5.76 Å². The van der Waals surface area contributed by atoms with Gasteiger partial charge in [-0.05, 0) is 42.0 Å². The van der Waals surface area contributed by atoms with E-state index in [9.17, 15) is 14.4 Å². The maximum absolute atomic E-state index is 13.2. The average Bonchev–Trinajstić information content (AvgIpc) is 3.39. The fourth-order valence-electron chi connectivity index (χ4n) is 3.46. The van der Waals surface area contributed by atoms with Crippen LogP contribution in [0.25, 0.3) is 0 Å². The van der Waals surface area contributed by atoms with Crippen molar-refractivity contribution in [1.82, 2.24) is 14.8 Å². The topological polar surface area (TPSA) is 108 Å². The maximum atomic E-state index is 13.2. The third-order valence-corrected chi connectivity index (χ3v) is 4.99. The third kappa shape index (κ3) is 4.07. The van der Waals surface area contributed by atoms with Crippen molar-refractivity contribution in [2.75, 3.05) is 6.54 Å². The zero-order chi connectivity index (χ0) is 21.8. The Balaban J connectivity index is 1.58. The van der Waals surface area contributed by atoms with Gasteiger partial charge in [-0.1, -0.05) is 6.07 Å². The van der Waals surface area contributed by atoms with E-state index in [1.807, 2.05) is 12.1 Å². The highest BCUT2D eigenvalue weighted by molar-refractivity contribution is 6.22. The molecule has 0 fully saturated rings. The lowest BCUT2D eigenvalue weighted by Gasteiger charge is -2.22. The number of hydrogen-bond acceptors (Lipinski definition) is 6. The average molecular weight is 414 g/mol. The number of benzene rings is 1. The summed E-state index contributed by atoms with van der Waals surface area (Å²) in [6, 6.07) is 13.5. The van der Waals surface area contributed by atoms with Crippen LogP contribution in [0.1, 0.15) is 48.8 Å². The summed E-state index contributed by atoms with van der Waals surface area (Å²) in [5.41, 5.74) is 1.54. The molecule has 8 nitrogen and oxygen atoms in total. The minimum Gasteiger partial charge on any atom is -0.467 e. The van der Waals surface area contributed by atoms with Gasteiger partial charge in [-0.2, -0.15) is 5.26 Å². The van der Waals surface area contributed by atoms with E-state index in [2.05, 4.69) is 4.98 Å². The van der Waals surface area contributed by atoms with Crippen molar-refractivity contribution in [3.05, 3.63) is 89.1 Å². The van der Waals surface area contributed by atoms with Gasteiger partial charge in [0, 0.05) is 31.0 Å². The molecule has 0 saturated carbocycles. The molecular weight excluding hydrogens is 396 g/mol. The van der Waals surface area contributed by atoms with Crippen molar-refractivity contribution in [2.45, 2.75) is 19.5 Å². The van der Waals surface area contributed by atoms with Gasteiger partial charge in [-0.15, -0.1) is 0 Å². The Morgan fingerprint density at radius 3 is 2.68 bits per heavy atom. The molecule has 0 atom stereocenters. The van der Waals surface area contributed by atoms with Crippen LogP contribution >= 0.6 is 0 Å². The summed E-state index contributed by atoms with van der Waals surface area (Å²) in [6.45, 7) is 0.541. The van der Waals surface area contributed by atoms with Crippen LogP contribution in [0.5, 0.6) is 0 Å². The van der Waals surface area contributed by atoms with Gasteiger partial charge in [-0.25, -0.2) is 0 Å². The van der Waals surface area contributed by atoms with Crippen LogP contribution in [0.4, 0.5) is 0 Å². The van der Waals surface area contributed by atoms with Crippen molar-refractivity contribution >= 4 is 17.7 Å². The highest BCUT2D eigenvalue weighted by Crippen LogP contribution is 2.26. The zero-order valence-electron chi connectivity index (χ0n) is 16.5. The normalized spacial score (nSPS) is 12.5. The summed E-state index contributed by atoms with van der Waals surface area (Å²) in [6.07, 6.45) is 4.94. The molecule has 0 aliphatic carbocycles. The number of nitrogens with zero attached hydrogens (tertiary/aromatic N) is 4. The van der Waals surface area contributed by atoms with Gasteiger partial charge >= 0.3 is 0 Å². The minimum absolute atomic E-state index is 0.0257. The number of furan rings is 1. The first-order chi connectivity index (χ1) is 15.1.